The second kappa shape index (κ2) is 8.03. The van der Waals surface area contributed by atoms with Crippen molar-refractivity contribution < 1.29 is 4.79 Å². The van der Waals surface area contributed by atoms with E-state index in [0.29, 0.717) is 22.0 Å². The van der Waals surface area contributed by atoms with Gasteiger partial charge in [-0.3, -0.25) is 4.79 Å². The van der Waals surface area contributed by atoms with Gasteiger partial charge in [0.05, 0.1) is 27.0 Å². The first-order chi connectivity index (χ1) is 11.6. The van der Waals surface area contributed by atoms with Crippen molar-refractivity contribution in [3.8, 4) is 12.1 Å². The van der Waals surface area contributed by atoms with Crippen molar-refractivity contribution in [2.75, 3.05) is 10.6 Å². The van der Waals surface area contributed by atoms with Crippen molar-refractivity contribution in [2.45, 2.75) is 0 Å². The largest absolute Gasteiger partial charge is 0.359 e. The van der Waals surface area contributed by atoms with Crippen molar-refractivity contribution in [2.24, 2.45) is 0 Å². The predicted molar refractivity (Wildman–Crippen MR) is 93.6 cm³/mol. The summed E-state index contributed by atoms with van der Waals surface area (Å²) in [7, 11) is 0. The van der Waals surface area contributed by atoms with Gasteiger partial charge in [0.25, 0.3) is 5.91 Å². The van der Waals surface area contributed by atoms with Crippen LogP contribution in [0.4, 0.5) is 11.4 Å². The lowest BCUT2D eigenvalue weighted by Crippen LogP contribution is -2.15. The Morgan fingerprint density at radius 3 is 2.46 bits per heavy atom. The van der Waals surface area contributed by atoms with Crippen LogP contribution in [0.15, 0.2) is 54.2 Å². The molecule has 0 aliphatic rings. The average Bonchev–Trinajstić information content (AvgIpc) is 2.59. The third kappa shape index (κ3) is 4.05. The first kappa shape index (κ1) is 17.4. The Hall–Kier alpha value is -2.99. The van der Waals surface area contributed by atoms with Gasteiger partial charge in [-0.05, 0) is 24.3 Å². The normalized spacial score (nSPS) is 10.4. The van der Waals surface area contributed by atoms with E-state index in [1.54, 1.807) is 48.5 Å². The lowest BCUT2D eigenvalue weighted by atomic mass is 10.2. The number of rotatable bonds is 4. The minimum absolute atomic E-state index is 0.182. The molecular weight excluding hydrogens is 347 g/mol. The van der Waals surface area contributed by atoms with Gasteiger partial charge >= 0.3 is 0 Å². The molecule has 0 aliphatic carbocycles. The Bertz CT molecular complexity index is 894. The lowest BCUT2D eigenvalue weighted by Gasteiger charge is -2.08. The standard InChI is InChI=1S/C17H10Cl2N4O/c18-13-5-3-7-15(16(13)19)22-10-12(9-21)17(24)23-14-6-2-1-4-11(14)8-20/h1-7,10,22H,(H,23,24)/b12-10-. The van der Waals surface area contributed by atoms with Gasteiger partial charge in [0.2, 0.25) is 0 Å². The van der Waals surface area contributed by atoms with Gasteiger partial charge in [0.1, 0.15) is 17.7 Å². The second-order valence-electron chi connectivity index (χ2n) is 4.53. The molecule has 0 radical (unpaired) electrons. The van der Waals surface area contributed by atoms with Crippen LogP contribution in [0, 0.1) is 22.7 Å². The van der Waals surface area contributed by atoms with Crippen molar-refractivity contribution in [1.29, 1.82) is 10.5 Å². The molecule has 2 aromatic rings. The highest BCUT2D eigenvalue weighted by molar-refractivity contribution is 6.43. The number of nitrogens with one attached hydrogen (secondary N) is 2. The molecule has 0 fully saturated rings. The number of nitrogens with zero attached hydrogens (tertiary/aromatic N) is 2. The average molecular weight is 357 g/mol. The van der Waals surface area contributed by atoms with Crippen LogP contribution < -0.4 is 10.6 Å². The molecule has 2 rings (SSSR count). The van der Waals surface area contributed by atoms with E-state index in [0.717, 1.165) is 0 Å². The summed E-state index contributed by atoms with van der Waals surface area (Å²) in [5.74, 6) is -0.647. The van der Waals surface area contributed by atoms with Crippen LogP contribution in [0.5, 0.6) is 0 Å². The summed E-state index contributed by atoms with van der Waals surface area (Å²) in [5.41, 5.74) is 0.904. The molecule has 0 aliphatic heterocycles. The fraction of sp³-hybridized carbons (Fsp3) is 0. The quantitative estimate of drug-likeness (QED) is 0.630. The molecule has 0 saturated heterocycles. The van der Waals surface area contributed by atoms with Crippen molar-refractivity contribution in [3.63, 3.8) is 0 Å². The number of hydrogen-bond donors (Lipinski definition) is 2. The molecule has 0 spiro atoms. The summed E-state index contributed by atoms with van der Waals surface area (Å²) >= 11 is 11.9. The third-order valence-electron chi connectivity index (χ3n) is 2.98. The highest BCUT2D eigenvalue weighted by atomic mass is 35.5. The summed E-state index contributed by atoms with van der Waals surface area (Å²) in [5, 5.41) is 24.1. The highest BCUT2D eigenvalue weighted by Gasteiger charge is 2.12. The molecule has 0 saturated carbocycles. The molecule has 118 valence electrons. The summed E-state index contributed by atoms with van der Waals surface area (Å²) in [6, 6.07) is 15.2. The Morgan fingerprint density at radius 2 is 1.75 bits per heavy atom. The minimum atomic E-state index is -0.647. The van der Waals surface area contributed by atoms with E-state index in [9.17, 15) is 4.79 Å². The maximum Gasteiger partial charge on any atom is 0.267 e. The van der Waals surface area contributed by atoms with E-state index < -0.39 is 5.91 Å². The van der Waals surface area contributed by atoms with Crippen LogP contribution in [0.3, 0.4) is 0 Å². The monoisotopic (exact) mass is 356 g/mol. The van der Waals surface area contributed by atoms with Crippen molar-refractivity contribution in [3.05, 3.63) is 69.8 Å². The number of para-hydroxylation sites is 1. The molecule has 1 amide bonds. The summed E-state index contributed by atoms with van der Waals surface area (Å²) < 4.78 is 0. The van der Waals surface area contributed by atoms with Gasteiger partial charge in [0.15, 0.2) is 0 Å². The zero-order valence-corrected chi connectivity index (χ0v) is 13.7. The molecule has 2 aromatic carbocycles. The summed E-state index contributed by atoms with van der Waals surface area (Å²) in [6.45, 7) is 0. The molecule has 7 heteroatoms. The lowest BCUT2D eigenvalue weighted by molar-refractivity contribution is -0.112. The van der Waals surface area contributed by atoms with Crippen LogP contribution in [-0.2, 0) is 4.79 Å². The van der Waals surface area contributed by atoms with E-state index in [1.807, 2.05) is 6.07 Å². The maximum atomic E-state index is 12.2. The SMILES string of the molecule is N#C/C(=C/Nc1cccc(Cl)c1Cl)C(=O)Nc1ccccc1C#N. The van der Waals surface area contributed by atoms with E-state index in [4.69, 9.17) is 33.7 Å². The number of benzene rings is 2. The van der Waals surface area contributed by atoms with Gasteiger partial charge in [-0.2, -0.15) is 10.5 Å². The number of nitriles is 2. The van der Waals surface area contributed by atoms with E-state index in [1.165, 1.54) is 6.20 Å². The van der Waals surface area contributed by atoms with Crippen LogP contribution in [0.25, 0.3) is 0 Å². The second-order valence-corrected chi connectivity index (χ2v) is 5.31. The Labute approximate surface area is 148 Å². The van der Waals surface area contributed by atoms with Crippen LogP contribution in [0.2, 0.25) is 10.0 Å². The molecule has 5 nitrogen and oxygen atoms in total. The maximum absolute atomic E-state index is 12.2. The molecule has 0 atom stereocenters. The van der Waals surface area contributed by atoms with E-state index >= 15 is 0 Å². The van der Waals surface area contributed by atoms with Gasteiger partial charge in [-0.25, -0.2) is 0 Å². The van der Waals surface area contributed by atoms with Gasteiger partial charge in [-0.15, -0.1) is 0 Å². The summed E-state index contributed by atoms with van der Waals surface area (Å²) in [4.78, 5) is 12.2. The van der Waals surface area contributed by atoms with Crippen LogP contribution in [0.1, 0.15) is 5.56 Å². The van der Waals surface area contributed by atoms with Crippen LogP contribution in [-0.4, -0.2) is 5.91 Å². The van der Waals surface area contributed by atoms with Gasteiger partial charge in [-0.1, -0.05) is 41.4 Å². The molecule has 2 N–H and O–H groups in total. The molecule has 0 bridgehead atoms. The summed E-state index contributed by atoms with van der Waals surface area (Å²) in [6.07, 6.45) is 1.22. The zero-order chi connectivity index (χ0) is 17.5. The van der Waals surface area contributed by atoms with Gasteiger partial charge in [0, 0.05) is 6.20 Å². The Kier molecular flexibility index (Phi) is 5.81. The van der Waals surface area contributed by atoms with Gasteiger partial charge < -0.3 is 10.6 Å². The number of hydrogen-bond acceptors (Lipinski definition) is 4. The molecule has 0 unspecified atom stereocenters. The van der Waals surface area contributed by atoms with Crippen molar-refractivity contribution in [1.82, 2.24) is 0 Å². The molecule has 24 heavy (non-hydrogen) atoms. The Morgan fingerprint density at radius 1 is 1.04 bits per heavy atom. The fourth-order valence-corrected chi connectivity index (χ4v) is 2.15. The predicted octanol–water partition coefficient (Wildman–Crippen LogP) is 4.32. The van der Waals surface area contributed by atoms with E-state index in [2.05, 4.69) is 10.6 Å². The number of carbonyl (C=O) groups is 1. The molecular formula is C17H10Cl2N4O. The van der Waals surface area contributed by atoms with E-state index in [-0.39, 0.29) is 10.6 Å². The zero-order valence-electron chi connectivity index (χ0n) is 12.2. The molecule has 0 heterocycles. The number of amides is 1. The number of carbonyl (C=O) groups excluding carboxylic acids is 1. The minimum Gasteiger partial charge on any atom is -0.359 e. The smallest absolute Gasteiger partial charge is 0.267 e. The highest BCUT2D eigenvalue weighted by Crippen LogP contribution is 2.29. The van der Waals surface area contributed by atoms with Crippen LogP contribution >= 0.6 is 23.2 Å². The first-order valence-corrected chi connectivity index (χ1v) is 7.43. The number of halogens is 2. The fourth-order valence-electron chi connectivity index (χ4n) is 1.79. The van der Waals surface area contributed by atoms with Crippen molar-refractivity contribution >= 4 is 40.5 Å². The first-order valence-electron chi connectivity index (χ1n) is 6.68. The number of anilines is 2. The third-order valence-corrected chi connectivity index (χ3v) is 3.80. The topological polar surface area (TPSA) is 88.7 Å². The molecule has 0 aromatic heterocycles. The Balaban J connectivity index is 2.19.